The van der Waals surface area contributed by atoms with E-state index in [4.69, 9.17) is 33.8 Å². The number of aliphatic hydroxyl groups excluding tert-OH is 1. The fraction of sp³-hybridized carbons (Fsp3) is 0.677. The number of nitrogens with one attached hydrogen (secondary N) is 6. The molecule has 0 rings (SSSR count). The van der Waals surface area contributed by atoms with Gasteiger partial charge in [-0.3, -0.25) is 48.1 Å². The predicted molar refractivity (Wildman–Crippen MR) is 194 cm³/mol. The Bertz CT molecular complexity index is 1380. The lowest BCUT2D eigenvalue weighted by atomic mass is 10.0. The Labute approximate surface area is 316 Å². The predicted octanol–water partition coefficient (Wildman–Crippen LogP) is -6.49. The Hall–Kier alpha value is -5.62. The van der Waals surface area contributed by atoms with E-state index in [1.165, 1.54) is 0 Å². The summed E-state index contributed by atoms with van der Waals surface area (Å²) in [4.78, 5) is 117. The van der Waals surface area contributed by atoms with Crippen LogP contribution in [0.2, 0.25) is 0 Å². The Morgan fingerprint density at radius 3 is 1.58 bits per heavy atom. The molecule has 0 aliphatic heterocycles. The van der Waals surface area contributed by atoms with Crippen molar-refractivity contribution in [3.63, 3.8) is 0 Å². The van der Waals surface area contributed by atoms with Crippen LogP contribution in [0.4, 0.5) is 0 Å². The van der Waals surface area contributed by atoms with Crippen LogP contribution in [-0.4, -0.2) is 137 Å². The average Bonchev–Trinajstić information content (AvgIpc) is 3.09. The SMILES string of the molecule is CC(C)C[C@H](NC(=O)[C@H](CC(N)=O)NC(=O)[C@H](CC(=O)O)NC(=O)[C@H](CCCCN)NC(=O)[C@@H](N)CO)C(=O)N[C@@H](CCCN=C(N)N)C(=O)NCC(=O)O. The number of guanidine groups is 1. The number of carboxylic acid groups (broad SMARTS) is 2. The third-order valence-electron chi connectivity index (χ3n) is 7.50. The number of aliphatic imine (C=N–C) groups is 1. The van der Waals surface area contributed by atoms with Crippen LogP contribution in [0.1, 0.15) is 65.2 Å². The number of amides is 7. The van der Waals surface area contributed by atoms with Crippen LogP contribution in [-0.2, 0) is 43.2 Å². The second-order valence-corrected chi connectivity index (χ2v) is 12.8. The van der Waals surface area contributed by atoms with E-state index in [1.54, 1.807) is 13.8 Å². The summed E-state index contributed by atoms with van der Waals surface area (Å²) in [6.45, 7) is 2.19. The van der Waals surface area contributed by atoms with Gasteiger partial charge in [0.25, 0.3) is 0 Å². The van der Waals surface area contributed by atoms with Gasteiger partial charge in [0.1, 0.15) is 42.8 Å². The molecule has 55 heavy (non-hydrogen) atoms. The molecule has 0 aromatic rings. The minimum Gasteiger partial charge on any atom is -0.481 e. The first kappa shape index (κ1) is 49.4. The number of carbonyl (C=O) groups excluding carboxylic acids is 7. The molecular weight excluding hydrogens is 732 g/mol. The Kier molecular flexibility index (Phi) is 23.5. The summed E-state index contributed by atoms with van der Waals surface area (Å²) in [6, 6.07) is -9.12. The minimum atomic E-state index is -1.87. The molecule has 0 saturated heterocycles. The summed E-state index contributed by atoms with van der Waals surface area (Å²) < 4.78 is 0. The van der Waals surface area contributed by atoms with E-state index in [2.05, 4.69) is 36.9 Å². The molecule has 24 nitrogen and oxygen atoms in total. The molecule has 0 aromatic carbocycles. The van der Waals surface area contributed by atoms with Gasteiger partial charge in [-0.25, -0.2) is 0 Å². The van der Waals surface area contributed by atoms with E-state index in [0.717, 1.165) is 0 Å². The highest BCUT2D eigenvalue weighted by molar-refractivity contribution is 5.99. The first-order valence-electron chi connectivity index (χ1n) is 17.4. The maximum Gasteiger partial charge on any atom is 0.322 e. The fourth-order valence-electron chi connectivity index (χ4n) is 4.77. The molecule has 6 atom stereocenters. The highest BCUT2D eigenvalue weighted by Crippen LogP contribution is 2.09. The van der Waals surface area contributed by atoms with Crippen molar-refractivity contribution in [2.45, 2.75) is 101 Å². The van der Waals surface area contributed by atoms with Crippen molar-refractivity contribution in [2.75, 3.05) is 26.2 Å². The maximum absolute atomic E-state index is 13.5. The van der Waals surface area contributed by atoms with Crippen LogP contribution in [0.15, 0.2) is 4.99 Å². The number of hydrogen-bond acceptors (Lipinski definition) is 13. The lowest BCUT2D eigenvalue weighted by molar-refractivity contribution is -0.142. The highest BCUT2D eigenvalue weighted by Gasteiger charge is 2.34. The Morgan fingerprint density at radius 1 is 0.618 bits per heavy atom. The van der Waals surface area contributed by atoms with Gasteiger partial charge in [-0.15, -0.1) is 0 Å². The Balaban J connectivity index is 6.28. The fourth-order valence-corrected chi connectivity index (χ4v) is 4.77. The topological polar surface area (TPSA) is 429 Å². The third kappa shape index (κ3) is 21.6. The first-order chi connectivity index (χ1) is 25.7. The van der Waals surface area contributed by atoms with E-state index < -0.39 is 116 Å². The molecule has 0 spiro atoms. The highest BCUT2D eigenvalue weighted by atomic mass is 16.4. The third-order valence-corrected chi connectivity index (χ3v) is 7.50. The molecule has 0 aliphatic carbocycles. The minimum absolute atomic E-state index is 0.0152. The number of primary amides is 1. The molecule has 0 aliphatic rings. The second-order valence-electron chi connectivity index (χ2n) is 12.8. The summed E-state index contributed by atoms with van der Waals surface area (Å²) in [5.41, 5.74) is 27.0. The van der Waals surface area contributed by atoms with Crippen LogP contribution < -0.4 is 60.6 Å². The van der Waals surface area contributed by atoms with Gasteiger partial charge in [0, 0.05) is 6.54 Å². The molecule has 0 bridgehead atoms. The number of unbranched alkanes of at least 4 members (excludes halogenated alkanes) is 1. The van der Waals surface area contributed by atoms with Gasteiger partial charge >= 0.3 is 11.9 Å². The van der Waals surface area contributed by atoms with E-state index in [-0.39, 0.29) is 50.7 Å². The largest absolute Gasteiger partial charge is 0.481 e. The van der Waals surface area contributed by atoms with Crippen LogP contribution in [0.3, 0.4) is 0 Å². The normalized spacial score (nSPS) is 14.1. The maximum atomic E-state index is 13.5. The molecule has 0 unspecified atom stereocenters. The zero-order valence-corrected chi connectivity index (χ0v) is 30.9. The molecule has 0 heterocycles. The number of carboxylic acids is 2. The number of rotatable bonds is 28. The van der Waals surface area contributed by atoms with Crippen LogP contribution >= 0.6 is 0 Å². The molecular formula is C31H56N12O12. The van der Waals surface area contributed by atoms with Crippen molar-refractivity contribution in [1.82, 2.24) is 31.9 Å². The summed E-state index contributed by atoms with van der Waals surface area (Å²) in [5.74, 6) is -10.6. The molecule has 0 saturated carbocycles. The zero-order chi connectivity index (χ0) is 42.2. The summed E-state index contributed by atoms with van der Waals surface area (Å²) in [7, 11) is 0. The van der Waals surface area contributed by atoms with Crippen molar-refractivity contribution in [1.29, 1.82) is 0 Å². The van der Waals surface area contributed by atoms with Crippen molar-refractivity contribution in [3.05, 3.63) is 0 Å². The van der Waals surface area contributed by atoms with E-state index in [1.807, 2.05) is 0 Å². The van der Waals surface area contributed by atoms with Crippen molar-refractivity contribution in [2.24, 2.45) is 39.6 Å². The number of aliphatic carboxylic acids is 2. The quantitative estimate of drug-likeness (QED) is 0.0199. The molecule has 0 aromatic heterocycles. The van der Waals surface area contributed by atoms with Gasteiger partial charge in [-0.1, -0.05) is 13.8 Å². The van der Waals surface area contributed by atoms with Gasteiger partial charge in [0.2, 0.25) is 41.4 Å². The smallest absolute Gasteiger partial charge is 0.322 e. The lowest BCUT2D eigenvalue weighted by Crippen LogP contribution is -2.60. The van der Waals surface area contributed by atoms with Crippen molar-refractivity contribution >= 4 is 59.2 Å². The second kappa shape index (κ2) is 26.2. The van der Waals surface area contributed by atoms with Gasteiger partial charge < -0.3 is 75.9 Å². The molecule has 7 amide bonds. The van der Waals surface area contributed by atoms with Gasteiger partial charge in [-0.05, 0) is 51.0 Å². The van der Waals surface area contributed by atoms with Gasteiger partial charge in [-0.2, -0.15) is 0 Å². The number of hydrogen-bond donors (Lipinski definition) is 14. The van der Waals surface area contributed by atoms with Gasteiger partial charge in [0.15, 0.2) is 5.96 Å². The number of aliphatic hydroxyl groups is 1. The summed E-state index contributed by atoms with van der Waals surface area (Å²) in [5, 5.41) is 41.4. The summed E-state index contributed by atoms with van der Waals surface area (Å²) in [6.07, 6.45) is -1.06. The molecule has 19 N–H and O–H groups in total. The zero-order valence-electron chi connectivity index (χ0n) is 30.9. The van der Waals surface area contributed by atoms with Crippen LogP contribution in [0.25, 0.3) is 0 Å². The number of nitrogens with zero attached hydrogens (tertiary/aromatic N) is 1. The monoisotopic (exact) mass is 788 g/mol. The number of carbonyl (C=O) groups is 9. The van der Waals surface area contributed by atoms with E-state index in [0.29, 0.717) is 12.8 Å². The first-order valence-corrected chi connectivity index (χ1v) is 17.4. The van der Waals surface area contributed by atoms with E-state index >= 15 is 0 Å². The number of nitrogens with two attached hydrogens (primary N) is 5. The van der Waals surface area contributed by atoms with Crippen LogP contribution in [0.5, 0.6) is 0 Å². The average molecular weight is 789 g/mol. The lowest BCUT2D eigenvalue weighted by Gasteiger charge is -2.27. The molecule has 24 heteroatoms. The van der Waals surface area contributed by atoms with Crippen molar-refractivity contribution < 1.29 is 58.5 Å². The standard InChI is InChI=1S/C31H56N12O12/c1-15(2)10-19(28(53)40-17(7-5-9-37-31(35)36)26(51)38-13-24(48)49)41-29(54)20(11-22(34)45)42-30(55)21(12-23(46)47)43-27(52)18(6-3-4-8-32)39-25(50)16(33)14-44/h15-21,44H,3-14,32-33H2,1-2H3,(H2,34,45)(H,38,51)(H,39,50)(H,40,53)(H,41,54)(H,42,55)(H,43,52)(H,46,47)(H,48,49)(H4,35,36,37)/t16-,17-,18-,19-,20-,21-/m0/s1. The van der Waals surface area contributed by atoms with Crippen molar-refractivity contribution in [3.8, 4) is 0 Å². The Morgan fingerprint density at radius 2 is 1.09 bits per heavy atom. The summed E-state index contributed by atoms with van der Waals surface area (Å²) >= 11 is 0. The molecule has 0 radical (unpaired) electrons. The van der Waals surface area contributed by atoms with Gasteiger partial charge in [0.05, 0.1) is 19.4 Å². The molecule has 312 valence electrons. The van der Waals surface area contributed by atoms with Crippen LogP contribution in [0, 0.1) is 5.92 Å². The van der Waals surface area contributed by atoms with E-state index in [9.17, 15) is 53.4 Å². The molecule has 0 fully saturated rings.